The molecule has 1 saturated carbocycles. The zero-order chi connectivity index (χ0) is 12.4. The van der Waals surface area contributed by atoms with Crippen LogP contribution in [0.1, 0.15) is 31.4 Å². The van der Waals surface area contributed by atoms with Crippen LogP contribution in [0.3, 0.4) is 0 Å². The molecular weight excluding hydrogens is 280 g/mol. The van der Waals surface area contributed by atoms with Gasteiger partial charge in [-0.15, -0.1) is 0 Å². The van der Waals surface area contributed by atoms with Crippen molar-refractivity contribution in [3.63, 3.8) is 0 Å². The quantitative estimate of drug-likeness (QED) is 0.912. The van der Waals surface area contributed by atoms with Crippen LogP contribution in [0.5, 0.6) is 0 Å². The maximum atomic E-state index is 10.0. The van der Waals surface area contributed by atoms with Crippen LogP contribution in [0.4, 0.5) is 5.82 Å². The first-order valence-electron chi connectivity index (χ1n) is 6.13. The van der Waals surface area contributed by atoms with Gasteiger partial charge in [-0.25, -0.2) is 4.98 Å². The van der Waals surface area contributed by atoms with Gasteiger partial charge in [-0.05, 0) is 47.8 Å². The van der Waals surface area contributed by atoms with Crippen LogP contribution in [0, 0.1) is 6.92 Å². The minimum atomic E-state index is -0.223. The molecule has 17 heavy (non-hydrogen) atoms. The molecule has 3 nitrogen and oxygen atoms in total. The lowest BCUT2D eigenvalue weighted by Gasteiger charge is -2.36. The molecule has 0 aliphatic heterocycles. The minimum absolute atomic E-state index is 0.205. The van der Waals surface area contributed by atoms with Crippen LogP contribution in [0.15, 0.2) is 16.6 Å². The normalized spacial score (nSPS) is 24.7. The van der Waals surface area contributed by atoms with Gasteiger partial charge in [-0.3, -0.25) is 0 Å². The van der Waals surface area contributed by atoms with Crippen molar-refractivity contribution in [3.05, 3.63) is 22.3 Å². The second-order valence-corrected chi connectivity index (χ2v) is 5.62. The van der Waals surface area contributed by atoms with Gasteiger partial charge in [-0.2, -0.15) is 0 Å². The van der Waals surface area contributed by atoms with Crippen molar-refractivity contribution in [1.82, 2.24) is 4.98 Å². The molecule has 1 N–H and O–H groups in total. The van der Waals surface area contributed by atoms with Crippen molar-refractivity contribution in [3.8, 4) is 0 Å². The molecule has 1 heterocycles. The number of likely N-dealkylation sites (N-methyl/N-ethyl adjacent to an activating group) is 1. The predicted octanol–water partition coefficient (Wildman–Crippen LogP) is 2.89. The molecule has 0 saturated heterocycles. The number of aromatic nitrogens is 1. The first-order valence-corrected chi connectivity index (χ1v) is 6.93. The molecule has 2 atom stereocenters. The third-order valence-electron chi connectivity index (χ3n) is 3.56. The van der Waals surface area contributed by atoms with E-state index in [4.69, 9.17) is 0 Å². The highest BCUT2D eigenvalue weighted by molar-refractivity contribution is 9.10. The Kier molecular flexibility index (Phi) is 4.05. The van der Waals surface area contributed by atoms with Crippen LogP contribution in [-0.4, -0.2) is 29.3 Å². The molecule has 1 fully saturated rings. The predicted molar refractivity (Wildman–Crippen MR) is 73.3 cm³/mol. The number of nitrogens with zero attached hydrogens (tertiary/aromatic N) is 2. The lowest BCUT2D eigenvalue weighted by molar-refractivity contribution is 0.106. The average Bonchev–Trinajstić information content (AvgIpc) is 2.32. The second kappa shape index (κ2) is 5.36. The number of aliphatic hydroxyl groups is 1. The van der Waals surface area contributed by atoms with E-state index >= 15 is 0 Å². The molecule has 2 rings (SSSR count). The summed E-state index contributed by atoms with van der Waals surface area (Å²) in [6.45, 7) is 1.98. The number of aliphatic hydroxyl groups excluding tert-OH is 1. The molecule has 4 heteroatoms. The summed E-state index contributed by atoms with van der Waals surface area (Å²) in [6.07, 6.45) is 4.07. The van der Waals surface area contributed by atoms with Crippen LogP contribution < -0.4 is 4.90 Å². The molecule has 0 bridgehead atoms. The zero-order valence-electron chi connectivity index (χ0n) is 10.4. The zero-order valence-corrected chi connectivity index (χ0v) is 11.9. The summed E-state index contributed by atoms with van der Waals surface area (Å²) in [7, 11) is 2.02. The lowest BCUT2D eigenvalue weighted by atomic mass is 9.91. The van der Waals surface area contributed by atoms with Crippen molar-refractivity contribution in [2.45, 2.75) is 44.8 Å². The van der Waals surface area contributed by atoms with Crippen molar-refractivity contribution in [2.24, 2.45) is 0 Å². The molecule has 0 spiro atoms. The maximum absolute atomic E-state index is 10.0. The molecule has 1 aliphatic carbocycles. The van der Waals surface area contributed by atoms with Gasteiger partial charge in [0.1, 0.15) is 5.82 Å². The molecule has 94 valence electrons. The fraction of sp³-hybridized carbons (Fsp3) is 0.615. The Balaban J connectivity index is 2.17. The van der Waals surface area contributed by atoms with E-state index in [9.17, 15) is 5.11 Å². The van der Waals surface area contributed by atoms with E-state index in [1.807, 2.05) is 26.1 Å². The Morgan fingerprint density at radius 2 is 2.06 bits per heavy atom. The number of rotatable bonds is 2. The standard InChI is InChI=1S/C13H19BrN2O/c1-9-10(14)7-8-13(15-9)16(2)11-5-3-4-6-12(11)17/h7-8,11-12,17H,3-6H2,1-2H3. The van der Waals surface area contributed by atoms with Gasteiger partial charge in [0, 0.05) is 11.5 Å². The van der Waals surface area contributed by atoms with Gasteiger partial charge in [0.15, 0.2) is 0 Å². The number of anilines is 1. The smallest absolute Gasteiger partial charge is 0.128 e. The van der Waals surface area contributed by atoms with E-state index in [1.54, 1.807) is 0 Å². The SMILES string of the molecule is Cc1nc(N(C)C2CCCCC2O)ccc1Br. The third-order valence-corrected chi connectivity index (χ3v) is 4.40. The molecule has 1 aliphatic rings. The molecule has 0 aromatic carbocycles. The Hall–Kier alpha value is -0.610. The van der Waals surface area contributed by atoms with Crippen LogP contribution in [-0.2, 0) is 0 Å². The topological polar surface area (TPSA) is 36.4 Å². The van der Waals surface area contributed by atoms with Crippen LogP contribution in [0.2, 0.25) is 0 Å². The summed E-state index contributed by atoms with van der Waals surface area (Å²) < 4.78 is 1.03. The molecule has 0 radical (unpaired) electrons. The highest BCUT2D eigenvalue weighted by atomic mass is 79.9. The summed E-state index contributed by atoms with van der Waals surface area (Å²) in [5.41, 5.74) is 0.986. The highest BCUT2D eigenvalue weighted by Crippen LogP contribution is 2.26. The van der Waals surface area contributed by atoms with Gasteiger partial charge in [0.2, 0.25) is 0 Å². The van der Waals surface area contributed by atoms with Gasteiger partial charge in [0.05, 0.1) is 17.8 Å². The molecule has 1 aromatic rings. The first kappa shape index (κ1) is 12.8. The Labute approximate surface area is 111 Å². The van der Waals surface area contributed by atoms with E-state index in [0.29, 0.717) is 0 Å². The van der Waals surface area contributed by atoms with Gasteiger partial charge >= 0.3 is 0 Å². The molecule has 0 amide bonds. The van der Waals surface area contributed by atoms with Gasteiger partial charge in [0.25, 0.3) is 0 Å². The summed E-state index contributed by atoms with van der Waals surface area (Å²) in [5.74, 6) is 0.941. The van der Waals surface area contributed by atoms with E-state index in [2.05, 4.69) is 25.8 Å². The van der Waals surface area contributed by atoms with Gasteiger partial charge < -0.3 is 10.0 Å². The summed E-state index contributed by atoms with van der Waals surface area (Å²) in [5, 5.41) is 10.0. The lowest BCUT2D eigenvalue weighted by Crippen LogP contribution is -2.43. The Morgan fingerprint density at radius 1 is 1.35 bits per heavy atom. The van der Waals surface area contributed by atoms with Crippen molar-refractivity contribution in [1.29, 1.82) is 0 Å². The second-order valence-electron chi connectivity index (χ2n) is 4.77. The largest absolute Gasteiger partial charge is 0.391 e. The number of hydrogen-bond donors (Lipinski definition) is 1. The van der Waals surface area contributed by atoms with Crippen molar-refractivity contribution < 1.29 is 5.11 Å². The summed E-state index contributed by atoms with van der Waals surface area (Å²) in [6, 6.07) is 4.22. The molecule has 1 aromatic heterocycles. The van der Waals surface area contributed by atoms with Crippen molar-refractivity contribution >= 4 is 21.7 Å². The maximum Gasteiger partial charge on any atom is 0.128 e. The van der Waals surface area contributed by atoms with Crippen LogP contribution in [0.25, 0.3) is 0 Å². The number of hydrogen-bond acceptors (Lipinski definition) is 3. The first-order chi connectivity index (χ1) is 8.09. The summed E-state index contributed by atoms with van der Waals surface area (Å²) in [4.78, 5) is 6.66. The fourth-order valence-electron chi connectivity index (χ4n) is 2.44. The van der Waals surface area contributed by atoms with E-state index in [0.717, 1.165) is 35.2 Å². The van der Waals surface area contributed by atoms with Crippen molar-refractivity contribution in [2.75, 3.05) is 11.9 Å². The van der Waals surface area contributed by atoms with Gasteiger partial charge in [-0.1, -0.05) is 12.8 Å². The van der Waals surface area contributed by atoms with Crippen LogP contribution >= 0.6 is 15.9 Å². The average molecular weight is 299 g/mol. The van der Waals surface area contributed by atoms with E-state index in [-0.39, 0.29) is 12.1 Å². The number of pyridine rings is 1. The van der Waals surface area contributed by atoms with E-state index in [1.165, 1.54) is 6.42 Å². The highest BCUT2D eigenvalue weighted by Gasteiger charge is 2.27. The monoisotopic (exact) mass is 298 g/mol. The third kappa shape index (κ3) is 2.80. The Bertz CT molecular complexity index is 397. The number of halogens is 1. The Morgan fingerprint density at radius 3 is 2.71 bits per heavy atom. The minimum Gasteiger partial charge on any atom is -0.391 e. The summed E-state index contributed by atoms with van der Waals surface area (Å²) >= 11 is 3.46. The number of aryl methyl sites for hydroxylation is 1. The fourth-order valence-corrected chi connectivity index (χ4v) is 2.66. The van der Waals surface area contributed by atoms with E-state index < -0.39 is 0 Å². The molecule has 2 unspecified atom stereocenters. The molecular formula is C13H19BrN2O.